The van der Waals surface area contributed by atoms with Crippen LogP contribution in [0.15, 0.2) is 54.6 Å². The molecule has 1 fully saturated rings. The summed E-state index contributed by atoms with van der Waals surface area (Å²) >= 11 is 0. The molecule has 1 aliphatic heterocycles. The van der Waals surface area contributed by atoms with Crippen molar-refractivity contribution in [3.8, 4) is 0 Å². The Morgan fingerprint density at radius 2 is 1.74 bits per heavy atom. The molecule has 2 aromatic rings. The fraction of sp³-hybridized carbons (Fsp3) is 0.364. The van der Waals surface area contributed by atoms with Crippen molar-refractivity contribution < 1.29 is 14.0 Å². The Kier molecular flexibility index (Phi) is 6.14. The maximum Gasteiger partial charge on any atom is 0.166 e. The molecule has 2 N–H and O–H groups in total. The first-order valence-electron chi connectivity index (χ1n) is 9.37. The highest BCUT2D eigenvalue weighted by molar-refractivity contribution is 5.97. The highest BCUT2D eigenvalue weighted by Crippen LogP contribution is 2.34. The van der Waals surface area contributed by atoms with E-state index >= 15 is 0 Å². The van der Waals surface area contributed by atoms with Crippen LogP contribution in [0.1, 0.15) is 35.2 Å². The second-order valence-electron chi connectivity index (χ2n) is 7.08. The number of carbonyl (C=O) groups excluding carboxylic acids is 2. The second kappa shape index (κ2) is 8.55. The average molecular weight is 368 g/mol. The Morgan fingerprint density at radius 1 is 1.11 bits per heavy atom. The molecule has 0 amide bonds. The summed E-state index contributed by atoms with van der Waals surface area (Å²) in [6.07, 6.45) is 2.88. The molecule has 1 saturated heterocycles. The van der Waals surface area contributed by atoms with Crippen LogP contribution in [0.5, 0.6) is 0 Å². The van der Waals surface area contributed by atoms with E-state index in [4.69, 9.17) is 5.73 Å². The summed E-state index contributed by atoms with van der Waals surface area (Å²) in [5.41, 5.74) is 6.56. The van der Waals surface area contributed by atoms with Crippen LogP contribution in [0.3, 0.4) is 0 Å². The minimum Gasteiger partial charge on any atom is -0.330 e. The Bertz CT molecular complexity index is 771. The Labute approximate surface area is 159 Å². The predicted molar refractivity (Wildman–Crippen MR) is 103 cm³/mol. The smallest absolute Gasteiger partial charge is 0.166 e. The van der Waals surface area contributed by atoms with Crippen LogP contribution in [0.4, 0.5) is 4.39 Å². The summed E-state index contributed by atoms with van der Waals surface area (Å²) in [6.45, 7) is 1.69. The van der Waals surface area contributed by atoms with E-state index in [1.54, 1.807) is 0 Å². The van der Waals surface area contributed by atoms with E-state index in [0.717, 1.165) is 11.8 Å². The molecule has 27 heavy (non-hydrogen) atoms. The van der Waals surface area contributed by atoms with Gasteiger partial charge in [0.05, 0.1) is 0 Å². The molecule has 1 atom stereocenters. The molecule has 0 radical (unpaired) electrons. The van der Waals surface area contributed by atoms with E-state index in [0.29, 0.717) is 44.5 Å². The summed E-state index contributed by atoms with van der Waals surface area (Å²) in [6, 6.07) is 15.4. The van der Waals surface area contributed by atoms with Gasteiger partial charge in [0.25, 0.3) is 0 Å². The Morgan fingerprint density at radius 3 is 2.30 bits per heavy atom. The first kappa shape index (κ1) is 19.4. The van der Waals surface area contributed by atoms with Crippen molar-refractivity contribution in [2.24, 2.45) is 11.7 Å². The van der Waals surface area contributed by atoms with Gasteiger partial charge in [0.1, 0.15) is 17.6 Å². The van der Waals surface area contributed by atoms with E-state index < -0.39 is 5.54 Å². The second-order valence-corrected chi connectivity index (χ2v) is 7.08. The topological polar surface area (TPSA) is 63.4 Å². The molecule has 0 saturated carbocycles. The van der Waals surface area contributed by atoms with Crippen LogP contribution in [0.2, 0.25) is 0 Å². The Balaban J connectivity index is 1.75. The zero-order valence-electron chi connectivity index (χ0n) is 15.3. The zero-order chi connectivity index (χ0) is 19.3. The number of Topliss-reactive ketones (excluding diaryl/α,β-unsaturated/α-hetero) is 1. The molecule has 1 heterocycles. The van der Waals surface area contributed by atoms with Gasteiger partial charge in [0, 0.05) is 24.6 Å². The number of nitrogens with zero attached hydrogens (tertiary/aromatic N) is 1. The molecular weight excluding hydrogens is 343 g/mol. The van der Waals surface area contributed by atoms with Gasteiger partial charge in [-0.05, 0) is 55.6 Å². The standard InChI is InChI=1S/C22H25FN2O2/c23-20-8-6-17(7-9-20)21(27)18-10-14-25(15-11-18)22(16-26,12-13-24)19-4-2-1-3-5-19/h1-9,16,18H,10-15,24H2. The van der Waals surface area contributed by atoms with E-state index in [1.165, 1.54) is 24.3 Å². The average Bonchev–Trinajstić information content (AvgIpc) is 2.73. The molecule has 0 aromatic heterocycles. The number of rotatable bonds is 7. The number of aldehydes is 1. The van der Waals surface area contributed by atoms with Crippen LogP contribution in [0, 0.1) is 11.7 Å². The van der Waals surface area contributed by atoms with Crippen molar-refractivity contribution in [3.63, 3.8) is 0 Å². The number of piperidine rings is 1. The maximum atomic E-state index is 13.1. The highest BCUT2D eigenvalue weighted by atomic mass is 19.1. The molecule has 0 spiro atoms. The summed E-state index contributed by atoms with van der Waals surface area (Å²) in [7, 11) is 0. The SMILES string of the molecule is NCCC(C=O)(c1ccccc1)N1CCC(C(=O)c2ccc(F)cc2)CC1. The molecule has 5 heteroatoms. The van der Waals surface area contributed by atoms with Gasteiger partial charge in [-0.3, -0.25) is 9.69 Å². The van der Waals surface area contributed by atoms with Crippen molar-refractivity contribution in [1.29, 1.82) is 0 Å². The van der Waals surface area contributed by atoms with Crippen LogP contribution >= 0.6 is 0 Å². The number of benzene rings is 2. The molecule has 4 nitrogen and oxygen atoms in total. The lowest BCUT2D eigenvalue weighted by atomic mass is 9.81. The first-order chi connectivity index (χ1) is 13.1. The molecule has 1 unspecified atom stereocenters. The van der Waals surface area contributed by atoms with E-state index in [1.807, 2.05) is 30.3 Å². The third kappa shape index (κ3) is 3.99. The van der Waals surface area contributed by atoms with Gasteiger partial charge in [0.2, 0.25) is 0 Å². The van der Waals surface area contributed by atoms with Gasteiger partial charge in [0.15, 0.2) is 5.78 Å². The molecular formula is C22H25FN2O2. The van der Waals surface area contributed by atoms with Crippen LogP contribution < -0.4 is 5.73 Å². The van der Waals surface area contributed by atoms with Crippen LogP contribution in [0.25, 0.3) is 0 Å². The summed E-state index contributed by atoms with van der Waals surface area (Å²) < 4.78 is 13.1. The predicted octanol–water partition coefficient (Wildman–Crippen LogP) is 3.16. The minimum absolute atomic E-state index is 0.0462. The first-order valence-corrected chi connectivity index (χ1v) is 9.37. The van der Waals surface area contributed by atoms with Gasteiger partial charge < -0.3 is 10.5 Å². The number of carbonyl (C=O) groups is 2. The number of ketones is 1. The summed E-state index contributed by atoms with van der Waals surface area (Å²) in [5.74, 6) is -0.406. The van der Waals surface area contributed by atoms with E-state index in [-0.39, 0.29) is 17.5 Å². The summed E-state index contributed by atoms with van der Waals surface area (Å²) in [5, 5.41) is 0. The fourth-order valence-corrected chi connectivity index (χ4v) is 4.02. The van der Waals surface area contributed by atoms with Crippen molar-refractivity contribution in [3.05, 3.63) is 71.5 Å². The number of halogens is 1. The number of nitrogens with two attached hydrogens (primary N) is 1. The van der Waals surface area contributed by atoms with Gasteiger partial charge in [-0.2, -0.15) is 0 Å². The van der Waals surface area contributed by atoms with Crippen molar-refractivity contribution >= 4 is 12.1 Å². The minimum atomic E-state index is -0.750. The largest absolute Gasteiger partial charge is 0.330 e. The molecule has 3 rings (SSSR count). The van der Waals surface area contributed by atoms with E-state index in [2.05, 4.69) is 4.90 Å². The third-order valence-corrected chi connectivity index (χ3v) is 5.55. The monoisotopic (exact) mass is 368 g/mol. The lowest BCUT2D eigenvalue weighted by molar-refractivity contribution is -0.120. The molecule has 142 valence electrons. The van der Waals surface area contributed by atoms with E-state index in [9.17, 15) is 14.0 Å². The van der Waals surface area contributed by atoms with Crippen LogP contribution in [-0.2, 0) is 10.3 Å². The fourth-order valence-electron chi connectivity index (χ4n) is 4.02. The zero-order valence-corrected chi connectivity index (χ0v) is 15.3. The highest BCUT2D eigenvalue weighted by Gasteiger charge is 2.40. The number of hydrogen-bond acceptors (Lipinski definition) is 4. The Hall–Kier alpha value is -2.37. The van der Waals surface area contributed by atoms with Crippen molar-refractivity contribution in [2.45, 2.75) is 24.8 Å². The number of hydrogen-bond donors (Lipinski definition) is 1. The molecule has 2 aromatic carbocycles. The lowest BCUT2D eigenvalue weighted by Crippen LogP contribution is -2.52. The normalized spacial score (nSPS) is 18.0. The van der Waals surface area contributed by atoms with Gasteiger partial charge in [-0.1, -0.05) is 30.3 Å². The third-order valence-electron chi connectivity index (χ3n) is 5.55. The van der Waals surface area contributed by atoms with Crippen LogP contribution in [-0.4, -0.2) is 36.6 Å². The number of likely N-dealkylation sites (tertiary alicyclic amines) is 1. The molecule has 0 bridgehead atoms. The van der Waals surface area contributed by atoms with Crippen molar-refractivity contribution in [2.75, 3.05) is 19.6 Å². The van der Waals surface area contributed by atoms with Crippen molar-refractivity contribution in [1.82, 2.24) is 4.90 Å². The lowest BCUT2D eigenvalue weighted by Gasteiger charge is -2.44. The van der Waals surface area contributed by atoms with Gasteiger partial charge in [-0.25, -0.2) is 4.39 Å². The maximum absolute atomic E-state index is 13.1. The molecule has 1 aliphatic rings. The molecule has 0 aliphatic carbocycles. The summed E-state index contributed by atoms with van der Waals surface area (Å²) in [4.78, 5) is 27.0. The quantitative estimate of drug-likeness (QED) is 0.602. The van der Waals surface area contributed by atoms with Gasteiger partial charge in [-0.15, -0.1) is 0 Å². The van der Waals surface area contributed by atoms with Gasteiger partial charge >= 0.3 is 0 Å².